The molecule has 0 amide bonds. The summed E-state index contributed by atoms with van der Waals surface area (Å²) in [6.45, 7) is 7.12. The highest BCUT2D eigenvalue weighted by Crippen LogP contribution is 2.38. The van der Waals surface area contributed by atoms with E-state index in [4.69, 9.17) is 0 Å². The third kappa shape index (κ3) is 3.87. The molecule has 1 aromatic rings. The van der Waals surface area contributed by atoms with E-state index in [9.17, 15) is 0 Å². The third-order valence-electron chi connectivity index (χ3n) is 4.80. The van der Waals surface area contributed by atoms with E-state index in [1.165, 1.54) is 67.8 Å². The zero-order valence-corrected chi connectivity index (χ0v) is 15.0. The van der Waals surface area contributed by atoms with Crippen LogP contribution in [-0.4, -0.2) is 0 Å². The first-order valence-corrected chi connectivity index (χ1v) is 9.15. The molecule has 20 heavy (non-hydrogen) atoms. The molecule has 0 unspecified atom stereocenters. The summed E-state index contributed by atoms with van der Waals surface area (Å²) >= 11 is 3.81. The molecule has 1 aromatic carbocycles. The van der Waals surface area contributed by atoms with Gasteiger partial charge in [0.25, 0.3) is 0 Å². The molecule has 0 aromatic heterocycles. The lowest BCUT2D eigenvalue weighted by atomic mass is 9.79. The number of unbranched alkanes of at least 4 members (excludes halogenated alkanes) is 3. The van der Waals surface area contributed by atoms with E-state index in [1.807, 2.05) is 0 Å². The maximum Gasteiger partial charge on any atom is 0.0210 e. The van der Waals surface area contributed by atoms with Crippen LogP contribution in [0.25, 0.3) is 0 Å². The van der Waals surface area contributed by atoms with Crippen LogP contribution in [0, 0.1) is 0 Å². The summed E-state index contributed by atoms with van der Waals surface area (Å²) in [7, 11) is 0. The van der Waals surface area contributed by atoms with E-state index in [0.29, 0.717) is 5.41 Å². The monoisotopic (exact) mass is 336 g/mol. The summed E-state index contributed by atoms with van der Waals surface area (Å²) in [6.07, 6.45) is 11.9. The molecule has 0 saturated carbocycles. The largest absolute Gasteiger partial charge is 0.0654 e. The number of aryl methyl sites for hydroxylation is 2. The van der Waals surface area contributed by atoms with Crippen molar-refractivity contribution in [3.8, 4) is 0 Å². The second kappa shape index (κ2) is 7.11. The first kappa shape index (κ1) is 16.1. The highest BCUT2D eigenvalue weighted by molar-refractivity contribution is 9.10. The minimum absolute atomic E-state index is 0.352. The molecule has 0 nitrogen and oxygen atoms in total. The van der Waals surface area contributed by atoms with Crippen molar-refractivity contribution in [3.05, 3.63) is 33.3 Å². The van der Waals surface area contributed by atoms with Gasteiger partial charge in [-0.3, -0.25) is 0 Å². The normalized spacial score (nSPS) is 17.6. The summed E-state index contributed by atoms with van der Waals surface area (Å²) in [4.78, 5) is 0. The van der Waals surface area contributed by atoms with Crippen molar-refractivity contribution in [2.45, 2.75) is 84.0 Å². The van der Waals surface area contributed by atoms with Gasteiger partial charge in [-0.2, -0.15) is 0 Å². The summed E-state index contributed by atoms with van der Waals surface area (Å²) in [5, 5.41) is 0. The van der Waals surface area contributed by atoms with E-state index < -0.39 is 0 Å². The average Bonchev–Trinajstić information content (AvgIpc) is 2.54. The number of halogens is 1. The topological polar surface area (TPSA) is 0 Å². The Morgan fingerprint density at radius 3 is 2.65 bits per heavy atom. The fourth-order valence-corrected chi connectivity index (χ4v) is 4.04. The van der Waals surface area contributed by atoms with Crippen LogP contribution in [0.1, 0.15) is 82.4 Å². The van der Waals surface area contributed by atoms with Gasteiger partial charge >= 0.3 is 0 Å². The standard InChI is InChI=1S/C19H29Br/c1-4-5-6-7-11-16-13-17-15(14-18(16)20)10-8-9-12-19(17,2)3/h13-14H,4-12H2,1-3H3. The maximum atomic E-state index is 3.81. The summed E-state index contributed by atoms with van der Waals surface area (Å²) in [6, 6.07) is 4.92. The van der Waals surface area contributed by atoms with Gasteiger partial charge in [-0.15, -0.1) is 0 Å². The Morgan fingerprint density at radius 1 is 1.10 bits per heavy atom. The van der Waals surface area contributed by atoms with Crippen LogP contribution < -0.4 is 0 Å². The van der Waals surface area contributed by atoms with E-state index in [0.717, 1.165) is 0 Å². The first-order valence-electron chi connectivity index (χ1n) is 8.36. The molecule has 0 N–H and O–H groups in total. The van der Waals surface area contributed by atoms with Gasteiger partial charge in [0.2, 0.25) is 0 Å². The zero-order valence-electron chi connectivity index (χ0n) is 13.4. The fourth-order valence-electron chi connectivity index (χ4n) is 3.45. The summed E-state index contributed by atoms with van der Waals surface area (Å²) in [5.41, 5.74) is 5.07. The summed E-state index contributed by atoms with van der Waals surface area (Å²) < 4.78 is 1.34. The van der Waals surface area contributed by atoms with Gasteiger partial charge in [-0.1, -0.05) is 68.5 Å². The van der Waals surface area contributed by atoms with Gasteiger partial charge < -0.3 is 0 Å². The van der Waals surface area contributed by atoms with Gasteiger partial charge in [0.05, 0.1) is 0 Å². The fraction of sp³-hybridized carbons (Fsp3) is 0.684. The lowest BCUT2D eigenvalue weighted by Crippen LogP contribution is -2.17. The Labute approximate surface area is 133 Å². The Morgan fingerprint density at radius 2 is 1.90 bits per heavy atom. The van der Waals surface area contributed by atoms with Gasteiger partial charge in [-0.25, -0.2) is 0 Å². The molecule has 0 atom stereocenters. The Kier molecular flexibility index (Phi) is 5.72. The van der Waals surface area contributed by atoms with Gasteiger partial charge in [-0.05, 0) is 60.3 Å². The Balaban J connectivity index is 2.20. The van der Waals surface area contributed by atoms with Crippen molar-refractivity contribution in [3.63, 3.8) is 0 Å². The van der Waals surface area contributed by atoms with Crippen molar-refractivity contribution in [2.75, 3.05) is 0 Å². The van der Waals surface area contributed by atoms with Crippen LogP contribution in [0.4, 0.5) is 0 Å². The second-order valence-corrected chi connectivity index (χ2v) is 7.86. The number of hydrogen-bond acceptors (Lipinski definition) is 0. The molecule has 112 valence electrons. The van der Waals surface area contributed by atoms with Crippen LogP contribution in [0.15, 0.2) is 16.6 Å². The molecule has 2 rings (SSSR count). The van der Waals surface area contributed by atoms with Crippen LogP contribution in [0.3, 0.4) is 0 Å². The molecule has 1 heteroatoms. The number of rotatable bonds is 5. The predicted molar refractivity (Wildman–Crippen MR) is 92.6 cm³/mol. The molecule has 0 bridgehead atoms. The Hall–Kier alpha value is -0.300. The van der Waals surface area contributed by atoms with Crippen LogP contribution in [0.5, 0.6) is 0 Å². The van der Waals surface area contributed by atoms with Crippen molar-refractivity contribution in [2.24, 2.45) is 0 Å². The van der Waals surface area contributed by atoms with Crippen LogP contribution in [-0.2, 0) is 18.3 Å². The lowest BCUT2D eigenvalue weighted by Gasteiger charge is -2.26. The minimum atomic E-state index is 0.352. The van der Waals surface area contributed by atoms with E-state index in [2.05, 4.69) is 48.8 Å². The molecule has 1 aliphatic carbocycles. The molecule has 0 radical (unpaired) electrons. The zero-order chi connectivity index (χ0) is 14.6. The van der Waals surface area contributed by atoms with E-state index >= 15 is 0 Å². The SMILES string of the molecule is CCCCCCc1cc2c(cc1Br)CCCCC2(C)C. The highest BCUT2D eigenvalue weighted by atomic mass is 79.9. The van der Waals surface area contributed by atoms with E-state index in [-0.39, 0.29) is 0 Å². The lowest BCUT2D eigenvalue weighted by molar-refractivity contribution is 0.468. The third-order valence-corrected chi connectivity index (χ3v) is 5.54. The number of benzene rings is 1. The smallest absolute Gasteiger partial charge is 0.0210 e. The molecule has 0 fully saturated rings. The highest BCUT2D eigenvalue weighted by Gasteiger charge is 2.26. The van der Waals surface area contributed by atoms with Gasteiger partial charge in [0.15, 0.2) is 0 Å². The molecule has 0 aliphatic heterocycles. The van der Waals surface area contributed by atoms with Crippen molar-refractivity contribution in [1.29, 1.82) is 0 Å². The van der Waals surface area contributed by atoms with Crippen molar-refractivity contribution < 1.29 is 0 Å². The number of hydrogen-bond donors (Lipinski definition) is 0. The predicted octanol–water partition coefficient (Wildman–Crippen LogP) is 6.58. The van der Waals surface area contributed by atoms with E-state index in [1.54, 1.807) is 11.1 Å². The van der Waals surface area contributed by atoms with Crippen molar-refractivity contribution in [1.82, 2.24) is 0 Å². The molecular formula is C19H29Br. The maximum absolute atomic E-state index is 3.81. The molecule has 0 heterocycles. The number of fused-ring (bicyclic) bond motifs is 1. The first-order chi connectivity index (χ1) is 9.54. The minimum Gasteiger partial charge on any atom is -0.0654 e. The molecule has 1 aliphatic rings. The molecule has 0 saturated heterocycles. The summed E-state index contributed by atoms with van der Waals surface area (Å²) in [5.74, 6) is 0. The molecular weight excluding hydrogens is 308 g/mol. The quantitative estimate of drug-likeness (QED) is 0.421. The van der Waals surface area contributed by atoms with Gasteiger partial charge in [0.1, 0.15) is 0 Å². The van der Waals surface area contributed by atoms with Crippen molar-refractivity contribution >= 4 is 15.9 Å². The molecule has 0 spiro atoms. The van der Waals surface area contributed by atoms with Crippen LogP contribution in [0.2, 0.25) is 0 Å². The second-order valence-electron chi connectivity index (χ2n) is 7.00. The van der Waals surface area contributed by atoms with Crippen LogP contribution >= 0.6 is 15.9 Å². The Bertz CT molecular complexity index is 445. The average molecular weight is 337 g/mol. The van der Waals surface area contributed by atoms with Gasteiger partial charge in [0, 0.05) is 4.47 Å².